The predicted octanol–water partition coefficient (Wildman–Crippen LogP) is 2.49. The second-order valence-corrected chi connectivity index (χ2v) is 5.80. The molecule has 0 bridgehead atoms. The second kappa shape index (κ2) is 5.42. The molecule has 0 aliphatic heterocycles. The molecule has 4 N–H and O–H groups in total. The molecule has 2 atom stereocenters. The number of carbonyl (C=O) groups excluding carboxylic acids is 1. The van der Waals surface area contributed by atoms with E-state index in [0.29, 0.717) is 11.4 Å². The van der Waals surface area contributed by atoms with Crippen molar-refractivity contribution in [3.8, 4) is 0 Å². The van der Waals surface area contributed by atoms with Gasteiger partial charge in [-0.25, -0.2) is 4.79 Å². The van der Waals surface area contributed by atoms with Crippen LogP contribution in [0.15, 0.2) is 18.2 Å². The summed E-state index contributed by atoms with van der Waals surface area (Å²) in [6.07, 6.45) is 2.39. The molecule has 0 spiro atoms. The van der Waals surface area contributed by atoms with E-state index in [1.807, 2.05) is 6.92 Å². The number of nitrogens with two attached hydrogens (primary N) is 1. The molecule has 2 unspecified atom stereocenters. The number of amides is 1. The van der Waals surface area contributed by atoms with Gasteiger partial charge in [-0.05, 0) is 38.0 Å². The maximum Gasteiger partial charge on any atom is 0.337 e. The van der Waals surface area contributed by atoms with E-state index >= 15 is 0 Å². The topological polar surface area (TPSA) is 92.4 Å². The smallest absolute Gasteiger partial charge is 0.337 e. The minimum atomic E-state index is -1.11. The number of rotatable bonds is 3. The van der Waals surface area contributed by atoms with Crippen LogP contribution in [0, 0.1) is 5.41 Å². The molecule has 1 aliphatic carbocycles. The summed E-state index contributed by atoms with van der Waals surface area (Å²) in [4.78, 5) is 23.6. The van der Waals surface area contributed by atoms with Crippen LogP contribution in [0.2, 0.25) is 5.02 Å². The van der Waals surface area contributed by atoms with E-state index in [0.717, 1.165) is 12.8 Å². The van der Waals surface area contributed by atoms with Crippen LogP contribution in [0.25, 0.3) is 0 Å². The first-order chi connectivity index (χ1) is 9.34. The lowest BCUT2D eigenvalue weighted by Gasteiger charge is -2.27. The molecule has 0 radical (unpaired) electrons. The van der Waals surface area contributed by atoms with E-state index in [4.69, 9.17) is 22.4 Å². The number of anilines is 1. The Morgan fingerprint density at radius 1 is 1.50 bits per heavy atom. The van der Waals surface area contributed by atoms with Crippen LogP contribution in [0.5, 0.6) is 0 Å². The van der Waals surface area contributed by atoms with Gasteiger partial charge in [-0.1, -0.05) is 18.0 Å². The fourth-order valence-electron chi connectivity index (χ4n) is 2.55. The van der Waals surface area contributed by atoms with Crippen molar-refractivity contribution in [1.29, 1.82) is 0 Å². The summed E-state index contributed by atoms with van der Waals surface area (Å²) in [6, 6.07) is 4.07. The Labute approximate surface area is 122 Å². The summed E-state index contributed by atoms with van der Waals surface area (Å²) in [7, 11) is 0. The van der Waals surface area contributed by atoms with Gasteiger partial charge >= 0.3 is 5.97 Å². The minimum absolute atomic E-state index is 0.0120. The van der Waals surface area contributed by atoms with Gasteiger partial charge in [-0.15, -0.1) is 0 Å². The molecule has 1 fully saturated rings. The molecule has 20 heavy (non-hydrogen) atoms. The fourth-order valence-corrected chi connectivity index (χ4v) is 2.72. The third-order valence-electron chi connectivity index (χ3n) is 4.01. The zero-order chi connectivity index (χ0) is 14.9. The number of carboxylic acids is 1. The Morgan fingerprint density at radius 2 is 2.20 bits per heavy atom. The first-order valence-corrected chi connectivity index (χ1v) is 6.82. The van der Waals surface area contributed by atoms with Crippen molar-refractivity contribution in [1.82, 2.24) is 0 Å². The van der Waals surface area contributed by atoms with Gasteiger partial charge in [-0.3, -0.25) is 4.79 Å². The van der Waals surface area contributed by atoms with Gasteiger partial charge in [0, 0.05) is 11.1 Å². The minimum Gasteiger partial charge on any atom is -0.478 e. The van der Waals surface area contributed by atoms with Crippen molar-refractivity contribution in [2.24, 2.45) is 11.1 Å². The lowest BCUT2D eigenvalue weighted by Crippen LogP contribution is -2.44. The van der Waals surface area contributed by atoms with Gasteiger partial charge in [0.05, 0.1) is 16.7 Å². The highest BCUT2D eigenvalue weighted by Crippen LogP contribution is 2.38. The van der Waals surface area contributed by atoms with Crippen molar-refractivity contribution in [2.45, 2.75) is 32.2 Å². The molecule has 6 heteroatoms. The molecule has 0 saturated heterocycles. The normalized spacial score (nSPS) is 25.4. The molecule has 1 saturated carbocycles. The van der Waals surface area contributed by atoms with E-state index in [1.165, 1.54) is 18.2 Å². The molecule has 5 nitrogen and oxygen atoms in total. The first kappa shape index (κ1) is 14.8. The highest BCUT2D eigenvalue weighted by Gasteiger charge is 2.43. The van der Waals surface area contributed by atoms with Gasteiger partial charge in [0.2, 0.25) is 5.91 Å². The number of nitrogens with one attached hydrogen (secondary N) is 1. The molecule has 0 aromatic heterocycles. The van der Waals surface area contributed by atoms with Crippen LogP contribution < -0.4 is 11.1 Å². The van der Waals surface area contributed by atoms with E-state index in [9.17, 15) is 9.59 Å². The monoisotopic (exact) mass is 296 g/mol. The SMILES string of the molecule is CC1(C(=O)Nc2cc(Cl)ccc2C(=O)O)CCCC1N. The number of carbonyl (C=O) groups is 2. The van der Waals surface area contributed by atoms with Crippen LogP contribution >= 0.6 is 11.6 Å². The third-order valence-corrected chi connectivity index (χ3v) is 4.24. The molecular weight excluding hydrogens is 280 g/mol. The quantitative estimate of drug-likeness (QED) is 0.799. The van der Waals surface area contributed by atoms with Gasteiger partial charge in [0.15, 0.2) is 0 Å². The van der Waals surface area contributed by atoms with E-state index < -0.39 is 11.4 Å². The number of carboxylic acid groups (broad SMARTS) is 1. The lowest BCUT2D eigenvalue weighted by atomic mass is 9.84. The van der Waals surface area contributed by atoms with Crippen LogP contribution in [-0.2, 0) is 4.79 Å². The number of aromatic carboxylic acids is 1. The first-order valence-electron chi connectivity index (χ1n) is 6.44. The van der Waals surface area contributed by atoms with Crippen molar-refractivity contribution >= 4 is 29.2 Å². The molecule has 1 amide bonds. The number of hydrogen-bond donors (Lipinski definition) is 3. The average Bonchev–Trinajstić information content (AvgIpc) is 2.70. The van der Waals surface area contributed by atoms with Gasteiger partial charge in [0.25, 0.3) is 0 Å². The largest absolute Gasteiger partial charge is 0.478 e. The van der Waals surface area contributed by atoms with Crippen molar-refractivity contribution < 1.29 is 14.7 Å². The summed E-state index contributed by atoms with van der Waals surface area (Å²) >= 11 is 5.86. The lowest BCUT2D eigenvalue weighted by molar-refractivity contribution is -0.125. The number of hydrogen-bond acceptors (Lipinski definition) is 3. The van der Waals surface area contributed by atoms with Crippen molar-refractivity contribution in [3.05, 3.63) is 28.8 Å². The van der Waals surface area contributed by atoms with Gasteiger partial charge < -0.3 is 16.2 Å². The maximum atomic E-state index is 12.4. The summed E-state index contributed by atoms with van der Waals surface area (Å²) in [6.45, 7) is 1.81. The highest BCUT2D eigenvalue weighted by molar-refractivity contribution is 6.31. The Morgan fingerprint density at radius 3 is 2.75 bits per heavy atom. The molecular formula is C14H17ClN2O3. The standard InChI is InChI=1S/C14H17ClN2O3/c1-14(6-2-3-11(14)16)13(20)17-10-7-8(15)4-5-9(10)12(18)19/h4-5,7,11H,2-3,6,16H2,1H3,(H,17,20)(H,18,19). The maximum absolute atomic E-state index is 12.4. The molecule has 108 valence electrons. The summed E-state index contributed by atoms with van der Waals surface area (Å²) < 4.78 is 0. The summed E-state index contributed by atoms with van der Waals surface area (Å²) in [5.41, 5.74) is 5.54. The highest BCUT2D eigenvalue weighted by atomic mass is 35.5. The Hall–Kier alpha value is -1.59. The zero-order valence-corrected chi connectivity index (χ0v) is 11.9. The van der Waals surface area contributed by atoms with Gasteiger partial charge in [-0.2, -0.15) is 0 Å². The summed E-state index contributed by atoms with van der Waals surface area (Å²) in [5.74, 6) is -1.37. The van der Waals surface area contributed by atoms with Gasteiger partial charge in [0.1, 0.15) is 0 Å². The van der Waals surface area contributed by atoms with Crippen LogP contribution in [-0.4, -0.2) is 23.0 Å². The summed E-state index contributed by atoms with van der Waals surface area (Å²) in [5, 5.41) is 12.2. The second-order valence-electron chi connectivity index (χ2n) is 5.37. The molecule has 1 aliphatic rings. The fraction of sp³-hybridized carbons (Fsp3) is 0.429. The number of benzene rings is 1. The van der Waals surface area contributed by atoms with Crippen molar-refractivity contribution in [2.75, 3.05) is 5.32 Å². The molecule has 1 aromatic carbocycles. The van der Waals surface area contributed by atoms with E-state index in [-0.39, 0.29) is 23.2 Å². The van der Waals surface area contributed by atoms with Crippen LogP contribution in [0.1, 0.15) is 36.5 Å². The van der Waals surface area contributed by atoms with E-state index in [1.54, 1.807) is 0 Å². The third kappa shape index (κ3) is 2.64. The molecule has 2 rings (SSSR count). The Balaban J connectivity index is 2.28. The van der Waals surface area contributed by atoms with Crippen LogP contribution in [0.3, 0.4) is 0 Å². The predicted molar refractivity (Wildman–Crippen MR) is 77.0 cm³/mol. The van der Waals surface area contributed by atoms with Crippen molar-refractivity contribution in [3.63, 3.8) is 0 Å². The van der Waals surface area contributed by atoms with Crippen LogP contribution in [0.4, 0.5) is 5.69 Å². The Kier molecular flexibility index (Phi) is 4.01. The molecule has 0 heterocycles. The molecule has 1 aromatic rings. The number of halogens is 1. The Bertz CT molecular complexity index is 561. The average molecular weight is 297 g/mol. The van der Waals surface area contributed by atoms with E-state index in [2.05, 4.69) is 5.32 Å². The zero-order valence-electron chi connectivity index (χ0n) is 11.1.